The van der Waals surface area contributed by atoms with Crippen molar-refractivity contribution in [1.82, 2.24) is 0 Å². The zero-order chi connectivity index (χ0) is 32.1. The minimum absolute atomic E-state index is 1.19. The van der Waals surface area contributed by atoms with Gasteiger partial charge in [0.25, 0.3) is 0 Å². The lowest BCUT2D eigenvalue weighted by Crippen LogP contribution is -1.92. The molecular formula is C46H32P2. The molecule has 0 fully saturated rings. The number of benzene rings is 6. The van der Waals surface area contributed by atoms with E-state index in [2.05, 4.69) is 194 Å². The van der Waals surface area contributed by atoms with Crippen LogP contribution < -0.4 is 0 Å². The molecule has 8 rings (SSSR count). The molecule has 0 aliphatic carbocycles. The summed E-state index contributed by atoms with van der Waals surface area (Å²) < 4.78 is 0. The van der Waals surface area contributed by atoms with Crippen LogP contribution >= 0.6 is 16.4 Å². The van der Waals surface area contributed by atoms with Gasteiger partial charge >= 0.3 is 0 Å². The van der Waals surface area contributed by atoms with Crippen molar-refractivity contribution < 1.29 is 0 Å². The van der Waals surface area contributed by atoms with E-state index in [1.807, 2.05) is 0 Å². The number of hydrogen-bond acceptors (Lipinski definition) is 0. The number of rotatable bonds is 7. The molecule has 6 aromatic carbocycles. The highest BCUT2D eigenvalue weighted by atomic mass is 31.0. The fourth-order valence-corrected chi connectivity index (χ4v) is 8.59. The third kappa shape index (κ3) is 6.05. The molecule has 0 N–H and O–H groups in total. The summed E-state index contributed by atoms with van der Waals surface area (Å²) in [5.74, 6) is 4.81. The highest BCUT2D eigenvalue weighted by molar-refractivity contribution is 7.33. The highest BCUT2D eigenvalue weighted by Gasteiger charge is 2.19. The summed E-state index contributed by atoms with van der Waals surface area (Å²) in [6.07, 6.45) is 0. The fraction of sp³-hybridized carbons (Fsp3) is 0. The highest BCUT2D eigenvalue weighted by Crippen LogP contribution is 2.47. The topological polar surface area (TPSA) is 0 Å². The van der Waals surface area contributed by atoms with E-state index >= 15 is 0 Å². The van der Waals surface area contributed by atoms with Crippen LogP contribution in [0.5, 0.6) is 0 Å². The standard InChI is InChI=1S/C46H32P2/c1-5-17-33(18-6-1)41-29-45(35-21-9-3-10-22-35)47-31-43(41)39-27-15-13-25-37(39)38-26-14-16-28-40(38)44-32-48-46(36-23-11-4-12-24-36)30-42(44)34-19-7-2-8-20-34/h1-32H. The molecule has 0 saturated carbocycles. The largest absolute Gasteiger partial charge is 0.0671 e. The van der Waals surface area contributed by atoms with Crippen LogP contribution in [0.4, 0.5) is 0 Å². The maximum absolute atomic E-state index is 2.40. The molecule has 0 nitrogen and oxygen atoms in total. The quantitative estimate of drug-likeness (QED) is 0.162. The molecular weight excluding hydrogens is 614 g/mol. The van der Waals surface area contributed by atoms with Crippen molar-refractivity contribution in [2.75, 3.05) is 0 Å². The van der Waals surface area contributed by atoms with E-state index in [1.54, 1.807) is 0 Å². The van der Waals surface area contributed by atoms with Crippen LogP contribution in [0.1, 0.15) is 0 Å². The van der Waals surface area contributed by atoms with E-state index in [4.69, 9.17) is 0 Å². The van der Waals surface area contributed by atoms with Gasteiger partial charge in [0.1, 0.15) is 0 Å². The summed E-state index contributed by atoms with van der Waals surface area (Å²) in [5.41, 5.74) is 15.0. The van der Waals surface area contributed by atoms with Crippen molar-refractivity contribution >= 4 is 16.4 Å². The summed E-state index contributed by atoms with van der Waals surface area (Å²) in [4.78, 5) is 0. The summed E-state index contributed by atoms with van der Waals surface area (Å²) in [5, 5.41) is 2.62. The smallest absolute Gasteiger partial charge is 0.00968 e. The van der Waals surface area contributed by atoms with Gasteiger partial charge in [0.05, 0.1) is 0 Å². The van der Waals surface area contributed by atoms with Crippen LogP contribution in [-0.4, -0.2) is 0 Å². The average molecular weight is 647 g/mol. The summed E-state index contributed by atoms with van der Waals surface area (Å²) in [7, 11) is 2.38. The summed E-state index contributed by atoms with van der Waals surface area (Å²) >= 11 is 0. The van der Waals surface area contributed by atoms with Crippen LogP contribution in [0.25, 0.3) is 77.4 Å². The van der Waals surface area contributed by atoms with Crippen LogP contribution in [0.2, 0.25) is 0 Å². The molecule has 0 radical (unpaired) electrons. The van der Waals surface area contributed by atoms with Crippen molar-refractivity contribution in [3.05, 3.63) is 194 Å². The molecule has 0 atom stereocenters. The van der Waals surface area contributed by atoms with Gasteiger partial charge in [-0.3, -0.25) is 0 Å². The predicted octanol–water partition coefficient (Wildman–Crippen LogP) is 14.5. The van der Waals surface area contributed by atoms with Gasteiger partial charge < -0.3 is 0 Å². The van der Waals surface area contributed by atoms with Gasteiger partial charge in [0, 0.05) is 10.6 Å². The average Bonchev–Trinajstić information content (AvgIpc) is 3.19. The number of hydrogen-bond donors (Lipinski definition) is 0. The molecule has 226 valence electrons. The molecule has 0 unspecified atom stereocenters. The van der Waals surface area contributed by atoms with Crippen molar-refractivity contribution in [2.24, 2.45) is 0 Å². The van der Waals surface area contributed by atoms with Gasteiger partial charge in [0.2, 0.25) is 0 Å². The Morgan fingerprint density at radius 1 is 0.229 bits per heavy atom. The Balaban J connectivity index is 1.32. The Hall–Kier alpha value is -5.38. The zero-order valence-corrected chi connectivity index (χ0v) is 28.2. The first kappa shape index (κ1) is 30.0. The van der Waals surface area contributed by atoms with Crippen molar-refractivity contribution in [3.63, 3.8) is 0 Å². The van der Waals surface area contributed by atoms with E-state index in [0.717, 1.165) is 0 Å². The first-order valence-corrected chi connectivity index (χ1v) is 18.2. The predicted molar refractivity (Wildman–Crippen MR) is 210 cm³/mol. The second-order valence-electron chi connectivity index (χ2n) is 11.8. The molecule has 0 spiro atoms. The Morgan fingerprint density at radius 3 is 0.833 bits per heavy atom. The van der Waals surface area contributed by atoms with Gasteiger partial charge in [-0.05, 0) is 90.5 Å². The van der Waals surface area contributed by atoms with Gasteiger partial charge in [-0.15, -0.1) is 0 Å². The van der Waals surface area contributed by atoms with Crippen LogP contribution in [0, 0.1) is 0 Å². The summed E-state index contributed by atoms with van der Waals surface area (Å²) in [6.45, 7) is 0. The molecule has 0 aliphatic heterocycles. The summed E-state index contributed by atoms with van der Waals surface area (Å²) in [6, 6.07) is 65.8. The van der Waals surface area contributed by atoms with E-state index in [-0.39, 0.29) is 0 Å². The maximum Gasteiger partial charge on any atom is 0.00968 e. The van der Waals surface area contributed by atoms with Gasteiger partial charge in [-0.25, -0.2) is 0 Å². The SMILES string of the molecule is c1ccc(-c2cc(-c3ccccc3)c(-c3ccccc3-c3ccccc3-c3cpc(-c4ccccc4)cc3-c3ccccc3)cp2)cc1. The molecule has 0 bridgehead atoms. The lowest BCUT2D eigenvalue weighted by Gasteiger charge is -2.19. The molecule has 8 aromatic rings. The Labute approximate surface area is 286 Å². The molecule has 2 aromatic heterocycles. The van der Waals surface area contributed by atoms with Gasteiger partial charge in [-0.2, -0.15) is 0 Å². The first-order valence-electron chi connectivity index (χ1n) is 16.2. The minimum atomic E-state index is 1.19. The van der Waals surface area contributed by atoms with Crippen LogP contribution in [0.15, 0.2) is 194 Å². The normalized spacial score (nSPS) is 11.2. The maximum atomic E-state index is 2.40. The second kappa shape index (κ2) is 13.8. The lowest BCUT2D eigenvalue weighted by atomic mass is 9.86. The van der Waals surface area contributed by atoms with Gasteiger partial charge in [0.15, 0.2) is 0 Å². The third-order valence-corrected chi connectivity index (χ3v) is 10.9. The van der Waals surface area contributed by atoms with Crippen molar-refractivity contribution in [3.8, 4) is 77.4 Å². The molecule has 2 heteroatoms. The molecule has 0 aliphatic rings. The van der Waals surface area contributed by atoms with Crippen molar-refractivity contribution in [2.45, 2.75) is 0 Å². The van der Waals surface area contributed by atoms with Crippen LogP contribution in [0.3, 0.4) is 0 Å². The Bertz CT molecular complexity index is 2150. The van der Waals surface area contributed by atoms with Crippen LogP contribution in [-0.2, 0) is 0 Å². The third-order valence-electron chi connectivity index (χ3n) is 8.84. The fourth-order valence-electron chi connectivity index (χ4n) is 6.49. The Morgan fingerprint density at radius 2 is 0.500 bits per heavy atom. The minimum Gasteiger partial charge on any atom is -0.0671 e. The monoisotopic (exact) mass is 646 g/mol. The van der Waals surface area contributed by atoms with E-state index < -0.39 is 0 Å². The first-order chi connectivity index (χ1) is 23.8. The Kier molecular flexibility index (Phi) is 8.60. The van der Waals surface area contributed by atoms with Gasteiger partial charge in [-0.1, -0.05) is 186 Å². The zero-order valence-electron chi connectivity index (χ0n) is 26.4. The lowest BCUT2D eigenvalue weighted by molar-refractivity contribution is 1.57. The molecule has 2 heterocycles. The molecule has 0 amide bonds. The van der Waals surface area contributed by atoms with Crippen molar-refractivity contribution in [1.29, 1.82) is 0 Å². The van der Waals surface area contributed by atoms with E-state index in [1.165, 1.54) is 93.7 Å². The molecule has 48 heavy (non-hydrogen) atoms. The second-order valence-corrected chi connectivity index (χ2v) is 13.8. The van der Waals surface area contributed by atoms with E-state index in [0.29, 0.717) is 0 Å². The molecule has 0 saturated heterocycles. The van der Waals surface area contributed by atoms with E-state index in [9.17, 15) is 0 Å².